The number of rotatable bonds is 4. The van der Waals surface area contributed by atoms with Crippen molar-refractivity contribution < 1.29 is 14.6 Å². The van der Waals surface area contributed by atoms with Crippen LogP contribution in [-0.2, 0) is 9.53 Å². The molecule has 98 valence electrons. The van der Waals surface area contributed by atoms with Crippen molar-refractivity contribution in [1.29, 1.82) is 0 Å². The molecule has 1 aromatic rings. The minimum atomic E-state index is -0.783. The molecule has 1 aliphatic heterocycles. The number of carboxylic acid groups (broad SMARTS) is 1. The summed E-state index contributed by atoms with van der Waals surface area (Å²) in [6.45, 7) is 4.86. The Hall–Kier alpha value is -1.46. The first kappa shape index (κ1) is 13.0. The molecular formula is C13H18N2O3. The van der Waals surface area contributed by atoms with Gasteiger partial charge in [0.15, 0.2) is 0 Å². The number of ether oxygens (including phenoxy) is 1. The number of morpholine rings is 1. The molecule has 2 rings (SSSR count). The van der Waals surface area contributed by atoms with Crippen LogP contribution in [0, 0.1) is 6.92 Å². The summed E-state index contributed by atoms with van der Waals surface area (Å²) in [5.74, 6) is -0.783. The molecule has 1 aromatic heterocycles. The zero-order valence-electron chi connectivity index (χ0n) is 10.5. The van der Waals surface area contributed by atoms with Crippen LogP contribution in [0.5, 0.6) is 0 Å². The second-order valence-electron chi connectivity index (χ2n) is 4.49. The third kappa shape index (κ3) is 3.05. The van der Waals surface area contributed by atoms with Gasteiger partial charge in [-0.05, 0) is 24.1 Å². The monoisotopic (exact) mass is 250 g/mol. The van der Waals surface area contributed by atoms with Crippen molar-refractivity contribution in [3.05, 3.63) is 29.6 Å². The average molecular weight is 250 g/mol. The summed E-state index contributed by atoms with van der Waals surface area (Å²) in [6, 6.07) is 1.81. The number of pyridine rings is 1. The Morgan fingerprint density at radius 3 is 2.89 bits per heavy atom. The number of aryl methyl sites for hydroxylation is 1. The topological polar surface area (TPSA) is 62.7 Å². The fourth-order valence-corrected chi connectivity index (χ4v) is 2.32. The van der Waals surface area contributed by atoms with Gasteiger partial charge >= 0.3 is 5.97 Å². The quantitative estimate of drug-likeness (QED) is 0.871. The number of hydrogen-bond acceptors (Lipinski definition) is 4. The summed E-state index contributed by atoms with van der Waals surface area (Å²) < 4.78 is 5.32. The Labute approximate surface area is 106 Å². The van der Waals surface area contributed by atoms with Gasteiger partial charge in [0.05, 0.1) is 19.6 Å². The highest BCUT2D eigenvalue weighted by Crippen LogP contribution is 2.27. The van der Waals surface area contributed by atoms with Gasteiger partial charge in [-0.3, -0.25) is 14.7 Å². The second kappa shape index (κ2) is 5.93. The van der Waals surface area contributed by atoms with Crippen molar-refractivity contribution in [2.45, 2.75) is 19.4 Å². The zero-order valence-corrected chi connectivity index (χ0v) is 10.5. The van der Waals surface area contributed by atoms with Crippen molar-refractivity contribution in [1.82, 2.24) is 9.88 Å². The van der Waals surface area contributed by atoms with Crippen LogP contribution in [0.1, 0.15) is 23.6 Å². The highest BCUT2D eigenvalue weighted by atomic mass is 16.5. The van der Waals surface area contributed by atoms with Crippen LogP contribution in [-0.4, -0.2) is 47.3 Å². The van der Waals surface area contributed by atoms with Gasteiger partial charge < -0.3 is 9.84 Å². The smallest absolute Gasteiger partial charge is 0.305 e. The van der Waals surface area contributed by atoms with Crippen LogP contribution in [0.25, 0.3) is 0 Å². The average Bonchev–Trinajstić information content (AvgIpc) is 2.38. The highest BCUT2D eigenvalue weighted by Gasteiger charge is 2.26. The molecule has 0 spiro atoms. The van der Waals surface area contributed by atoms with E-state index in [0.717, 1.165) is 24.2 Å². The molecule has 1 N–H and O–H groups in total. The van der Waals surface area contributed by atoms with E-state index in [1.165, 1.54) is 0 Å². The van der Waals surface area contributed by atoms with E-state index >= 15 is 0 Å². The van der Waals surface area contributed by atoms with E-state index in [9.17, 15) is 4.79 Å². The third-order valence-corrected chi connectivity index (χ3v) is 3.29. The minimum Gasteiger partial charge on any atom is -0.481 e. The standard InChI is InChI=1S/C13H18N2O3/c1-10-2-3-14-9-11(10)12(8-13(16)17)15-4-6-18-7-5-15/h2-3,9,12H,4-8H2,1H3,(H,16,17). The molecule has 0 radical (unpaired) electrons. The summed E-state index contributed by atoms with van der Waals surface area (Å²) in [6.07, 6.45) is 3.61. The van der Waals surface area contributed by atoms with E-state index < -0.39 is 5.97 Å². The fraction of sp³-hybridized carbons (Fsp3) is 0.538. The Kier molecular flexibility index (Phi) is 4.28. The number of aromatic nitrogens is 1. The Bertz CT molecular complexity index is 416. The number of carboxylic acids is 1. The Morgan fingerprint density at radius 1 is 1.56 bits per heavy atom. The lowest BCUT2D eigenvalue weighted by Gasteiger charge is -2.34. The molecular weight excluding hydrogens is 232 g/mol. The lowest BCUT2D eigenvalue weighted by atomic mass is 9.99. The molecule has 0 aliphatic carbocycles. The van der Waals surface area contributed by atoms with Crippen molar-refractivity contribution in [2.24, 2.45) is 0 Å². The molecule has 1 unspecified atom stereocenters. The Morgan fingerprint density at radius 2 is 2.28 bits per heavy atom. The van der Waals surface area contributed by atoms with E-state index in [1.807, 2.05) is 13.0 Å². The van der Waals surface area contributed by atoms with Gasteiger partial charge in [-0.25, -0.2) is 0 Å². The van der Waals surface area contributed by atoms with Crippen molar-refractivity contribution >= 4 is 5.97 Å². The van der Waals surface area contributed by atoms with E-state index in [1.54, 1.807) is 12.4 Å². The summed E-state index contributed by atoms with van der Waals surface area (Å²) in [4.78, 5) is 17.3. The molecule has 5 heteroatoms. The molecule has 1 atom stereocenters. The zero-order chi connectivity index (χ0) is 13.0. The first-order valence-electron chi connectivity index (χ1n) is 6.12. The fourth-order valence-electron chi connectivity index (χ4n) is 2.32. The van der Waals surface area contributed by atoms with E-state index in [2.05, 4.69) is 9.88 Å². The lowest BCUT2D eigenvalue weighted by Crippen LogP contribution is -2.40. The SMILES string of the molecule is Cc1ccncc1C(CC(=O)O)N1CCOCC1. The van der Waals surface area contributed by atoms with Gasteiger partial charge in [0.1, 0.15) is 0 Å². The Balaban J connectivity index is 2.24. The van der Waals surface area contributed by atoms with E-state index in [-0.39, 0.29) is 12.5 Å². The number of hydrogen-bond donors (Lipinski definition) is 1. The van der Waals surface area contributed by atoms with Crippen molar-refractivity contribution in [3.8, 4) is 0 Å². The van der Waals surface area contributed by atoms with Crippen LogP contribution < -0.4 is 0 Å². The third-order valence-electron chi connectivity index (χ3n) is 3.29. The maximum absolute atomic E-state index is 11.1. The van der Waals surface area contributed by atoms with Crippen LogP contribution in [0.2, 0.25) is 0 Å². The molecule has 1 aliphatic rings. The lowest BCUT2D eigenvalue weighted by molar-refractivity contribution is -0.139. The molecule has 1 fully saturated rings. The molecule has 0 saturated carbocycles. The first-order valence-corrected chi connectivity index (χ1v) is 6.12. The molecule has 5 nitrogen and oxygen atoms in total. The van der Waals surface area contributed by atoms with Crippen LogP contribution >= 0.6 is 0 Å². The highest BCUT2D eigenvalue weighted by molar-refractivity contribution is 5.68. The van der Waals surface area contributed by atoms with Gasteiger partial charge in [0.2, 0.25) is 0 Å². The summed E-state index contributed by atoms with van der Waals surface area (Å²) in [7, 11) is 0. The summed E-state index contributed by atoms with van der Waals surface area (Å²) in [5, 5.41) is 9.09. The number of carbonyl (C=O) groups is 1. The predicted molar refractivity (Wildman–Crippen MR) is 66.4 cm³/mol. The van der Waals surface area contributed by atoms with Crippen LogP contribution in [0.3, 0.4) is 0 Å². The maximum Gasteiger partial charge on any atom is 0.305 e. The van der Waals surface area contributed by atoms with E-state index in [0.29, 0.717) is 13.2 Å². The van der Waals surface area contributed by atoms with Gasteiger partial charge in [-0.1, -0.05) is 0 Å². The molecule has 2 heterocycles. The maximum atomic E-state index is 11.1. The van der Waals surface area contributed by atoms with Gasteiger partial charge in [-0.2, -0.15) is 0 Å². The van der Waals surface area contributed by atoms with Crippen LogP contribution in [0.4, 0.5) is 0 Å². The molecule has 0 amide bonds. The minimum absolute atomic E-state index is 0.104. The van der Waals surface area contributed by atoms with Crippen LogP contribution in [0.15, 0.2) is 18.5 Å². The van der Waals surface area contributed by atoms with Gasteiger partial charge in [-0.15, -0.1) is 0 Å². The first-order chi connectivity index (χ1) is 8.68. The second-order valence-corrected chi connectivity index (χ2v) is 4.49. The molecule has 0 bridgehead atoms. The van der Waals surface area contributed by atoms with Crippen molar-refractivity contribution in [3.63, 3.8) is 0 Å². The van der Waals surface area contributed by atoms with Crippen molar-refractivity contribution in [2.75, 3.05) is 26.3 Å². The van der Waals surface area contributed by atoms with Gasteiger partial charge in [0.25, 0.3) is 0 Å². The summed E-state index contributed by atoms with van der Waals surface area (Å²) >= 11 is 0. The molecule has 1 saturated heterocycles. The molecule has 0 aromatic carbocycles. The predicted octanol–water partition coefficient (Wildman–Crippen LogP) is 1.24. The molecule has 18 heavy (non-hydrogen) atoms. The van der Waals surface area contributed by atoms with E-state index in [4.69, 9.17) is 9.84 Å². The normalized spacial score (nSPS) is 18.5. The largest absolute Gasteiger partial charge is 0.481 e. The number of nitrogens with zero attached hydrogens (tertiary/aromatic N) is 2. The van der Waals surface area contributed by atoms with Gasteiger partial charge in [0, 0.05) is 31.5 Å². The summed E-state index contributed by atoms with van der Waals surface area (Å²) in [5.41, 5.74) is 2.09. The number of aliphatic carboxylic acids is 1.